The van der Waals surface area contributed by atoms with E-state index in [4.69, 9.17) is 0 Å². The minimum atomic E-state index is -0.860. The molecule has 6 nitrogen and oxygen atoms in total. The predicted octanol–water partition coefficient (Wildman–Crippen LogP) is 5.12. The molecule has 2 saturated carbocycles. The Morgan fingerprint density at radius 3 is 2.64 bits per heavy atom. The second-order valence-electron chi connectivity index (χ2n) is 14.0. The summed E-state index contributed by atoms with van der Waals surface area (Å²) in [5.74, 6) is 3.28. The van der Waals surface area contributed by atoms with E-state index in [0.717, 1.165) is 49.4 Å². The molecule has 3 aliphatic carbocycles. The molecule has 4 bridgehead atoms. The standard InChI is InChI=1S/C33H49N3O3/c1-22-10-12-24-15-25(17-26(22)16-24)20-36-28-13-11-23(2)31(36)19-29(18-28)35(27-7-4-3-5-8-27)21-32(37)34-14-6-9-30(34)33(38)39/h3-5,7,20,22-31H,6,8-19,21H2,1-2H3/p+1. The van der Waals surface area contributed by atoms with E-state index in [-0.39, 0.29) is 11.9 Å². The van der Waals surface area contributed by atoms with Crippen LogP contribution in [0.1, 0.15) is 90.9 Å². The molecule has 6 heteroatoms. The molecule has 1 N–H and O–H groups in total. The number of piperidine rings is 2. The Labute approximate surface area is 235 Å². The van der Waals surface area contributed by atoms with E-state index in [0.29, 0.717) is 43.6 Å². The fraction of sp³-hybridized carbons (Fsp3) is 0.788. The zero-order chi connectivity index (χ0) is 27.1. The third kappa shape index (κ3) is 5.64. The van der Waals surface area contributed by atoms with E-state index in [9.17, 15) is 14.7 Å². The number of likely N-dealkylation sites (tertiary alicyclic amines) is 1. The predicted molar refractivity (Wildman–Crippen MR) is 154 cm³/mol. The number of carboxylic acid groups (broad SMARTS) is 1. The highest BCUT2D eigenvalue weighted by atomic mass is 16.4. The molecule has 39 heavy (non-hydrogen) atoms. The van der Waals surface area contributed by atoms with Gasteiger partial charge >= 0.3 is 5.97 Å². The van der Waals surface area contributed by atoms with Crippen molar-refractivity contribution >= 4 is 18.1 Å². The molecule has 10 unspecified atom stereocenters. The summed E-state index contributed by atoms with van der Waals surface area (Å²) in [6.07, 6.45) is 25.5. The molecule has 3 heterocycles. The van der Waals surface area contributed by atoms with Crippen molar-refractivity contribution in [3.63, 3.8) is 0 Å². The Morgan fingerprint density at radius 2 is 1.85 bits per heavy atom. The number of carboxylic acids is 1. The number of fused-ring (bicyclic) bond motifs is 4. The maximum atomic E-state index is 13.6. The van der Waals surface area contributed by atoms with Crippen LogP contribution in [0.2, 0.25) is 0 Å². The maximum Gasteiger partial charge on any atom is 0.326 e. The van der Waals surface area contributed by atoms with E-state index in [1.54, 1.807) is 4.90 Å². The summed E-state index contributed by atoms with van der Waals surface area (Å²) < 4.78 is 2.82. The highest BCUT2D eigenvalue weighted by molar-refractivity contribution is 5.85. The van der Waals surface area contributed by atoms with Crippen LogP contribution in [-0.2, 0) is 9.59 Å². The number of amides is 1. The van der Waals surface area contributed by atoms with Crippen molar-refractivity contribution in [1.29, 1.82) is 0 Å². The molecular formula is C33H50N3O3+. The summed E-state index contributed by atoms with van der Waals surface area (Å²) in [7, 11) is 0. The Bertz CT molecular complexity index is 1020. The fourth-order valence-corrected chi connectivity index (χ4v) is 9.38. The molecule has 1 amide bonds. The first kappa shape index (κ1) is 27.2. The molecule has 0 aromatic carbocycles. The van der Waals surface area contributed by atoms with Gasteiger partial charge in [-0.25, -0.2) is 9.37 Å². The summed E-state index contributed by atoms with van der Waals surface area (Å²) in [6.45, 7) is 5.83. The van der Waals surface area contributed by atoms with Gasteiger partial charge in [0.1, 0.15) is 12.3 Å². The van der Waals surface area contributed by atoms with Gasteiger partial charge in [-0.05, 0) is 62.7 Å². The molecule has 5 fully saturated rings. The zero-order valence-electron chi connectivity index (χ0n) is 24.2. The van der Waals surface area contributed by atoms with E-state index < -0.39 is 12.0 Å². The van der Waals surface area contributed by atoms with Gasteiger partial charge < -0.3 is 10.0 Å². The average Bonchev–Trinajstić information content (AvgIpc) is 3.43. The van der Waals surface area contributed by atoms with Gasteiger partial charge in [0.25, 0.3) is 0 Å². The third-order valence-electron chi connectivity index (χ3n) is 11.6. The van der Waals surface area contributed by atoms with Crippen molar-refractivity contribution in [1.82, 2.24) is 9.80 Å². The van der Waals surface area contributed by atoms with Crippen molar-refractivity contribution in [3.8, 4) is 0 Å². The topological polar surface area (TPSA) is 63.9 Å². The third-order valence-corrected chi connectivity index (χ3v) is 11.6. The number of nitrogens with zero attached hydrogens (tertiary/aromatic N) is 3. The quantitative estimate of drug-likeness (QED) is 0.479. The average molecular weight is 537 g/mol. The van der Waals surface area contributed by atoms with Crippen LogP contribution < -0.4 is 0 Å². The first-order chi connectivity index (χ1) is 18.9. The molecule has 0 aromatic heterocycles. The summed E-state index contributed by atoms with van der Waals surface area (Å²) in [5.41, 5.74) is 0. The highest BCUT2D eigenvalue weighted by Crippen LogP contribution is 2.45. The minimum Gasteiger partial charge on any atom is -0.480 e. The van der Waals surface area contributed by atoms with Gasteiger partial charge in [-0.15, -0.1) is 0 Å². The molecule has 214 valence electrons. The van der Waals surface area contributed by atoms with Crippen molar-refractivity contribution in [3.05, 3.63) is 24.3 Å². The van der Waals surface area contributed by atoms with Crippen molar-refractivity contribution < 1.29 is 19.3 Å². The van der Waals surface area contributed by atoms with Gasteiger partial charge in [-0.3, -0.25) is 9.69 Å². The van der Waals surface area contributed by atoms with Crippen LogP contribution in [0.25, 0.3) is 0 Å². The second kappa shape index (κ2) is 11.5. The number of hydrogen-bond donors (Lipinski definition) is 1. The number of carbonyl (C=O) groups excluding carboxylic acids is 1. The monoisotopic (exact) mass is 536 g/mol. The van der Waals surface area contributed by atoms with E-state index in [1.165, 1.54) is 44.9 Å². The Morgan fingerprint density at radius 1 is 1.00 bits per heavy atom. The zero-order valence-corrected chi connectivity index (χ0v) is 24.2. The summed E-state index contributed by atoms with van der Waals surface area (Å²) in [4.78, 5) is 29.5. The molecule has 3 aliphatic heterocycles. The molecule has 3 saturated heterocycles. The first-order valence-corrected chi connectivity index (χ1v) is 16.1. The lowest BCUT2D eigenvalue weighted by molar-refractivity contribution is -0.631. The lowest BCUT2D eigenvalue weighted by atomic mass is 9.64. The number of rotatable bonds is 6. The van der Waals surface area contributed by atoms with Gasteiger partial charge in [0.05, 0.1) is 6.54 Å². The Balaban J connectivity index is 1.21. The lowest BCUT2D eigenvalue weighted by Crippen LogP contribution is -2.59. The van der Waals surface area contributed by atoms with Crippen LogP contribution in [-0.4, -0.2) is 80.9 Å². The van der Waals surface area contributed by atoms with Crippen LogP contribution in [0.4, 0.5) is 0 Å². The lowest BCUT2D eigenvalue weighted by Gasteiger charge is -2.47. The molecule has 6 aliphatic rings. The van der Waals surface area contributed by atoms with Crippen LogP contribution in [0, 0.1) is 29.6 Å². The fourth-order valence-electron chi connectivity index (χ4n) is 9.38. The smallest absolute Gasteiger partial charge is 0.326 e. The molecule has 10 atom stereocenters. The highest BCUT2D eigenvalue weighted by Gasteiger charge is 2.49. The van der Waals surface area contributed by atoms with E-state index in [1.807, 2.05) is 0 Å². The summed E-state index contributed by atoms with van der Waals surface area (Å²) in [6, 6.07) is 1.01. The summed E-state index contributed by atoms with van der Waals surface area (Å²) >= 11 is 0. The van der Waals surface area contributed by atoms with Gasteiger partial charge in [-0.1, -0.05) is 51.0 Å². The molecule has 0 radical (unpaired) electrons. The second-order valence-corrected chi connectivity index (χ2v) is 14.0. The normalized spacial score (nSPS) is 42.7. The first-order valence-electron chi connectivity index (χ1n) is 16.1. The van der Waals surface area contributed by atoms with Crippen LogP contribution in [0.5, 0.6) is 0 Å². The van der Waals surface area contributed by atoms with Crippen LogP contribution in [0.15, 0.2) is 24.3 Å². The number of allylic oxidation sites excluding steroid dienone is 2. The van der Waals surface area contributed by atoms with Crippen LogP contribution in [0.3, 0.4) is 0 Å². The number of hydrogen-bond acceptors (Lipinski definition) is 3. The maximum absolute atomic E-state index is 13.6. The van der Waals surface area contributed by atoms with Crippen molar-refractivity contribution in [2.24, 2.45) is 29.6 Å². The Kier molecular flexibility index (Phi) is 8.03. The molecule has 0 spiro atoms. The van der Waals surface area contributed by atoms with Gasteiger partial charge in [-0.2, -0.15) is 0 Å². The van der Waals surface area contributed by atoms with Gasteiger partial charge in [0.2, 0.25) is 5.91 Å². The number of aliphatic carboxylic acids is 1. The van der Waals surface area contributed by atoms with E-state index >= 15 is 0 Å². The van der Waals surface area contributed by atoms with Crippen molar-refractivity contribution in [2.75, 3.05) is 13.1 Å². The Hall–Kier alpha value is -1.95. The summed E-state index contributed by atoms with van der Waals surface area (Å²) in [5, 5.41) is 9.70. The van der Waals surface area contributed by atoms with E-state index in [2.05, 4.69) is 53.8 Å². The molecule has 6 rings (SSSR count). The number of carbonyl (C=O) groups is 2. The SMILES string of the molecule is CC1CCC2CC(C=[N+]3C4CCC(C)C3CC(N(CC(=O)N3CCCC3C(=O)O)C3C=CC=CC3)C4)CC1C2. The van der Waals surface area contributed by atoms with Gasteiger partial charge in [0, 0.05) is 49.7 Å². The van der Waals surface area contributed by atoms with Gasteiger partial charge in [0.15, 0.2) is 12.1 Å². The van der Waals surface area contributed by atoms with Crippen molar-refractivity contribution in [2.45, 2.75) is 121 Å². The largest absolute Gasteiger partial charge is 0.480 e. The molecular weight excluding hydrogens is 486 g/mol. The minimum absolute atomic E-state index is 0.00193. The van der Waals surface area contributed by atoms with Crippen LogP contribution >= 0.6 is 0 Å². The molecule has 0 aromatic rings.